The first-order valence-corrected chi connectivity index (χ1v) is 8.73. The maximum Gasteiger partial charge on any atom is 0.325 e. The third-order valence-corrected chi connectivity index (χ3v) is 5.09. The molecular weight excluding hydrogens is 320 g/mol. The summed E-state index contributed by atoms with van der Waals surface area (Å²) < 4.78 is 0. The van der Waals surface area contributed by atoms with E-state index in [1.807, 2.05) is 25.1 Å². The Morgan fingerprint density at radius 1 is 1.36 bits per heavy atom. The molecule has 7 heteroatoms. The van der Waals surface area contributed by atoms with E-state index >= 15 is 0 Å². The highest BCUT2D eigenvalue weighted by molar-refractivity contribution is 6.09. The number of nitrogens with one attached hydrogen (secondary N) is 2. The molecule has 7 nitrogen and oxygen atoms in total. The molecule has 0 bridgehead atoms. The number of aromatic nitrogens is 1. The number of rotatable bonds is 4. The van der Waals surface area contributed by atoms with Gasteiger partial charge in [-0.3, -0.25) is 19.5 Å². The normalized spacial score (nSPS) is 26.0. The molecule has 3 rings (SSSR count). The molecule has 2 heterocycles. The number of hydrogen-bond acceptors (Lipinski definition) is 4. The molecule has 1 saturated heterocycles. The Morgan fingerprint density at radius 2 is 2.08 bits per heavy atom. The van der Waals surface area contributed by atoms with Gasteiger partial charge in [0.2, 0.25) is 5.91 Å². The summed E-state index contributed by atoms with van der Waals surface area (Å²) in [6.07, 6.45) is 3.10. The largest absolute Gasteiger partial charge is 0.349 e. The van der Waals surface area contributed by atoms with E-state index in [9.17, 15) is 14.4 Å². The van der Waals surface area contributed by atoms with Crippen molar-refractivity contribution >= 4 is 17.8 Å². The van der Waals surface area contributed by atoms with Crippen molar-refractivity contribution in [2.45, 2.75) is 51.6 Å². The first-order valence-electron chi connectivity index (χ1n) is 8.73. The molecule has 2 N–H and O–H groups in total. The Kier molecular flexibility index (Phi) is 4.74. The first-order chi connectivity index (χ1) is 11.9. The molecule has 25 heavy (non-hydrogen) atoms. The molecule has 1 spiro atoms. The molecule has 1 aromatic heterocycles. The van der Waals surface area contributed by atoms with Crippen LogP contribution in [-0.4, -0.2) is 39.8 Å². The Labute approximate surface area is 147 Å². The van der Waals surface area contributed by atoms with Gasteiger partial charge in [-0.1, -0.05) is 13.0 Å². The summed E-state index contributed by atoms with van der Waals surface area (Å²) in [5.74, 6) is -0.0734. The van der Waals surface area contributed by atoms with E-state index in [4.69, 9.17) is 0 Å². The van der Waals surface area contributed by atoms with Crippen LogP contribution in [0.5, 0.6) is 0 Å². The summed E-state index contributed by atoms with van der Waals surface area (Å²) in [5, 5.41) is 5.54. The van der Waals surface area contributed by atoms with Crippen molar-refractivity contribution < 1.29 is 14.4 Å². The second kappa shape index (κ2) is 6.82. The van der Waals surface area contributed by atoms with Gasteiger partial charge in [-0.05, 0) is 50.7 Å². The third-order valence-electron chi connectivity index (χ3n) is 5.09. The molecule has 1 aliphatic carbocycles. The van der Waals surface area contributed by atoms with Crippen LogP contribution in [0.4, 0.5) is 4.79 Å². The molecule has 0 radical (unpaired) electrons. The van der Waals surface area contributed by atoms with Gasteiger partial charge in [-0.15, -0.1) is 0 Å². The zero-order valence-electron chi connectivity index (χ0n) is 14.7. The lowest BCUT2D eigenvalue weighted by Gasteiger charge is -2.33. The summed E-state index contributed by atoms with van der Waals surface area (Å²) in [7, 11) is 0. The van der Waals surface area contributed by atoms with Crippen LogP contribution in [-0.2, 0) is 16.1 Å². The molecule has 134 valence electrons. The lowest BCUT2D eigenvalue weighted by molar-refractivity contribution is -0.136. The highest BCUT2D eigenvalue weighted by atomic mass is 16.2. The van der Waals surface area contributed by atoms with Crippen LogP contribution in [0.1, 0.15) is 44.0 Å². The molecule has 1 aromatic rings. The minimum absolute atomic E-state index is 0.256. The quantitative estimate of drug-likeness (QED) is 0.810. The van der Waals surface area contributed by atoms with Crippen LogP contribution in [0.2, 0.25) is 0 Å². The van der Waals surface area contributed by atoms with Crippen molar-refractivity contribution in [2.75, 3.05) is 6.54 Å². The fourth-order valence-electron chi connectivity index (χ4n) is 3.50. The van der Waals surface area contributed by atoms with E-state index < -0.39 is 11.6 Å². The Balaban J connectivity index is 1.58. The second-order valence-corrected chi connectivity index (χ2v) is 7.13. The van der Waals surface area contributed by atoms with Crippen LogP contribution in [0, 0.1) is 12.8 Å². The van der Waals surface area contributed by atoms with E-state index in [-0.39, 0.29) is 24.9 Å². The fourth-order valence-corrected chi connectivity index (χ4v) is 3.50. The number of hydrogen-bond donors (Lipinski definition) is 2. The van der Waals surface area contributed by atoms with Crippen molar-refractivity contribution in [1.29, 1.82) is 0 Å². The molecule has 2 aliphatic rings. The lowest BCUT2D eigenvalue weighted by atomic mass is 9.77. The Bertz CT molecular complexity index is 695. The number of nitrogens with zero attached hydrogens (tertiary/aromatic N) is 2. The molecule has 1 aliphatic heterocycles. The van der Waals surface area contributed by atoms with Crippen LogP contribution in [0.15, 0.2) is 18.2 Å². The van der Waals surface area contributed by atoms with Gasteiger partial charge in [-0.25, -0.2) is 4.79 Å². The first kappa shape index (κ1) is 17.4. The average molecular weight is 344 g/mol. The summed E-state index contributed by atoms with van der Waals surface area (Å²) in [5.41, 5.74) is 0.805. The predicted octanol–water partition coefficient (Wildman–Crippen LogP) is 1.51. The smallest absolute Gasteiger partial charge is 0.325 e. The van der Waals surface area contributed by atoms with E-state index in [0.29, 0.717) is 18.8 Å². The van der Waals surface area contributed by atoms with Crippen LogP contribution in [0.3, 0.4) is 0 Å². The summed E-state index contributed by atoms with van der Waals surface area (Å²) in [6.45, 7) is 4.04. The van der Waals surface area contributed by atoms with Gasteiger partial charge in [0.05, 0.1) is 12.2 Å². The molecule has 0 unspecified atom stereocenters. The van der Waals surface area contributed by atoms with Crippen molar-refractivity contribution in [3.05, 3.63) is 29.6 Å². The monoisotopic (exact) mass is 344 g/mol. The van der Waals surface area contributed by atoms with Crippen molar-refractivity contribution in [3.63, 3.8) is 0 Å². The third kappa shape index (κ3) is 3.65. The topological polar surface area (TPSA) is 91.4 Å². The number of aryl methyl sites for hydroxylation is 1. The minimum atomic E-state index is -0.804. The standard InChI is InChI=1S/C18H24N4O3/c1-12-6-8-18(9-7-12)16(24)22(17(25)21-18)11-15(23)19-10-14-5-3-4-13(2)20-14/h3-5,12H,6-11H2,1-2H3,(H,19,23)(H,21,25). The molecule has 0 aromatic carbocycles. The van der Waals surface area contributed by atoms with Gasteiger partial charge in [-0.2, -0.15) is 0 Å². The van der Waals surface area contributed by atoms with Crippen molar-refractivity contribution in [1.82, 2.24) is 20.5 Å². The number of imide groups is 1. The average Bonchev–Trinajstić information content (AvgIpc) is 2.80. The van der Waals surface area contributed by atoms with Gasteiger partial charge < -0.3 is 10.6 Å². The molecule has 0 atom stereocenters. The van der Waals surface area contributed by atoms with E-state index in [0.717, 1.165) is 29.1 Å². The molecular formula is C18H24N4O3. The maximum absolute atomic E-state index is 12.7. The van der Waals surface area contributed by atoms with E-state index in [2.05, 4.69) is 22.5 Å². The van der Waals surface area contributed by atoms with Crippen molar-refractivity contribution in [2.24, 2.45) is 5.92 Å². The second-order valence-electron chi connectivity index (χ2n) is 7.13. The molecule has 1 saturated carbocycles. The lowest BCUT2D eigenvalue weighted by Crippen LogP contribution is -2.49. The Hall–Kier alpha value is -2.44. The zero-order chi connectivity index (χ0) is 18.0. The maximum atomic E-state index is 12.7. The minimum Gasteiger partial charge on any atom is -0.349 e. The number of carbonyl (C=O) groups is 3. The van der Waals surface area contributed by atoms with E-state index in [1.54, 1.807) is 0 Å². The van der Waals surface area contributed by atoms with Crippen LogP contribution < -0.4 is 10.6 Å². The summed E-state index contributed by atoms with van der Waals surface area (Å²) in [4.78, 5) is 42.4. The predicted molar refractivity (Wildman–Crippen MR) is 91.4 cm³/mol. The summed E-state index contributed by atoms with van der Waals surface area (Å²) >= 11 is 0. The Morgan fingerprint density at radius 3 is 2.76 bits per heavy atom. The van der Waals surface area contributed by atoms with Gasteiger partial charge in [0.15, 0.2) is 0 Å². The fraction of sp³-hybridized carbons (Fsp3) is 0.556. The number of pyridine rings is 1. The zero-order valence-corrected chi connectivity index (χ0v) is 14.7. The summed E-state index contributed by atoms with van der Waals surface area (Å²) in [6, 6.07) is 5.10. The van der Waals surface area contributed by atoms with Gasteiger partial charge in [0.25, 0.3) is 5.91 Å². The number of urea groups is 1. The number of amides is 4. The van der Waals surface area contributed by atoms with Gasteiger partial charge >= 0.3 is 6.03 Å². The molecule has 4 amide bonds. The van der Waals surface area contributed by atoms with Crippen LogP contribution >= 0.6 is 0 Å². The van der Waals surface area contributed by atoms with Gasteiger partial charge in [0.1, 0.15) is 12.1 Å². The molecule has 2 fully saturated rings. The number of carbonyl (C=O) groups excluding carboxylic acids is 3. The SMILES string of the molecule is Cc1cccc(CNC(=O)CN2C(=O)NC3(CCC(C)CC3)C2=O)n1. The van der Waals surface area contributed by atoms with Crippen LogP contribution in [0.25, 0.3) is 0 Å². The van der Waals surface area contributed by atoms with E-state index in [1.165, 1.54) is 0 Å². The van der Waals surface area contributed by atoms with Crippen molar-refractivity contribution in [3.8, 4) is 0 Å². The van der Waals surface area contributed by atoms with Gasteiger partial charge in [0, 0.05) is 5.69 Å². The highest BCUT2D eigenvalue weighted by Crippen LogP contribution is 2.36. The highest BCUT2D eigenvalue weighted by Gasteiger charge is 2.52.